The smallest absolute Gasteiger partial charge is 0.323 e. The van der Waals surface area contributed by atoms with Gasteiger partial charge >= 0.3 is 6.03 Å². The van der Waals surface area contributed by atoms with E-state index in [0.29, 0.717) is 11.4 Å². The molecule has 0 bridgehead atoms. The summed E-state index contributed by atoms with van der Waals surface area (Å²) >= 11 is 1.32. The van der Waals surface area contributed by atoms with Gasteiger partial charge in [0.05, 0.1) is 11.4 Å². The van der Waals surface area contributed by atoms with Gasteiger partial charge in [0.1, 0.15) is 5.82 Å². The number of urea groups is 1. The summed E-state index contributed by atoms with van der Waals surface area (Å²) in [6.07, 6.45) is 0. The molecule has 142 valence electrons. The number of rotatable bonds is 6. The lowest BCUT2D eigenvalue weighted by molar-refractivity contribution is -0.113. The van der Waals surface area contributed by atoms with E-state index < -0.39 is 5.82 Å². The van der Waals surface area contributed by atoms with E-state index in [0.717, 1.165) is 4.90 Å². The highest BCUT2D eigenvalue weighted by Gasteiger charge is 2.07. The first-order valence-electron chi connectivity index (χ1n) is 8.50. The molecule has 3 aromatic carbocycles. The second kappa shape index (κ2) is 9.57. The Morgan fingerprint density at radius 2 is 1.36 bits per heavy atom. The average molecular weight is 395 g/mol. The number of para-hydroxylation sites is 2. The van der Waals surface area contributed by atoms with E-state index in [2.05, 4.69) is 16.0 Å². The van der Waals surface area contributed by atoms with Gasteiger partial charge in [-0.25, -0.2) is 9.18 Å². The summed E-state index contributed by atoms with van der Waals surface area (Å²) in [5.41, 5.74) is 1.50. The molecule has 0 heterocycles. The molecule has 0 spiro atoms. The topological polar surface area (TPSA) is 70.2 Å². The summed E-state index contributed by atoms with van der Waals surface area (Å²) in [6.45, 7) is 0. The van der Waals surface area contributed by atoms with Crippen LogP contribution < -0.4 is 16.0 Å². The molecule has 0 saturated carbocycles. The minimum absolute atomic E-state index is 0.148. The average Bonchev–Trinajstić information content (AvgIpc) is 2.70. The van der Waals surface area contributed by atoms with Crippen LogP contribution in [0.25, 0.3) is 0 Å². The molecular formula is C21H18FN3O2S. The quantitative estimate of drug-likeness (QED) is 0.503. The lowest BCUT2D eigenvalue weighted by Crippen LogP contribution is -2.19. The van der Waals surface area contributed by atoms with Crippen LogP contribution in [-0.4, -0.2) is 17.7 Å². The highest BCUT2D eigenvalue weighted by molar-refractivity contribution is 8.00. The fourth-order valence-corrected chi connectivity index (χ4v) is 3.05. The first-order valence-corrected chi connectivity index (χ1v) is 9.49. The van der Waals surface area contributed by atoms with Gasteiger partial charge in [-0.3, -0.25) is 4.79 Å². The summed E-state index contributed by atoms with van der Waals surface area (Å²) in [5.74, 6) is -0.611. The lowest BCUT2D eigenvalue weighted by Gasteiger charge is -2.09. The lowest BCUT2D eigenvalue weighted by atomic mass is 10.3. The number of anilines is 3. The Morgan fingerprint density at radius 1 is 0.750 bits per heavy atom. The molecule has 3 aromatic rings. The van der Waals surface area contributed by atoms with E-state index in [9.17, 15) is 14.0 Å². The third-order valence-electron chi connectivity index (χ3n) is 3.66. The molecule has 0 aliphatic carbocycles. The minimum Gasteiger partial charge on any atom is -0.323 e. The highest BCUT2D eigenvalue weighted by atomic mass is 32.2. The third kappa shape index (κ3) is 5.85. The van der Waals surface area contributed by atoms with Gasteiger partial charge in [0.25, 0.3) is 0 Å². The predicted octanol–water partition coefficient (Wildman–Crippen LogP) is 5.20. The van der Waals surface area contributed by atoms with Gasteiger partial charge in [-0.1, -0.05) is 30.3 Å². The molecule has 3 amide bonds. The van der Waals surface area contributed by atoms with Crippen molar-refractivity contribution in [3.8, 4) is 0 Å². The van der Waals surface area contributed by atoms with Crippen molar-refractivity contribution in [1.29, 1.82) is 0 Å². The Balaban J connectivity index is 1.47. The molecule has 0 saturated heterocycles. The first kappa shape index (κ1) is 19.4. The van der Waals surface area contributed by atoms with Gasteiger partial charge in [0, 0.05) is 16.3 Å². The molecular weight excluding hydrogens is 377 g/mol. The summed E-state index contributed by atoms with van der Waals surface area (Å²) in [4.78, 5) is 24.8. The molecule has 0 unspecified atom stereocenters. The summed E-state index contributed by atoms with van der Waals surface area (Å²) in [5, 5.41) is 8.02. The molecule has 0 radical (unpaired) electrons. The fraction of sp³-hybridized carbons (Fsp3) is 0.0476. The van der Waals surface area contributed by atoms with Gasteiger partial charge in [-0.15, -0.1) is 11.8 Å². The summed E-state index contributed by atoms with van der Waals surface area (Å²) in [6, 6.07) is 21.9. The van der Waals surface area contributed by atoms with Gasteiger partial charge in [0.2, 0.25) is 5.91 Å². The van der Waals surface area contributed by atoms with Crippen LogP contribution in [-0.2, 0) is 4.79 Å². The molecule has 7 heteroatoms. The number of nitrogens with one attached hydrogen (secondary N) is 3. The van der Waals surface area contributed by atoms with Crippen molar-refractivity contribution in [3.63, 3.8) is 0 Å². The molecule has 3 rings (SSSR count). The highest BCUT2D eigenvalue weighted by Crippen LogP contribution is 2.21. The van der Waals surface area contributed by atoms with Crippen molar-refractivity contribution in [3.05, 3.63) is 84.7 Å². The summed E-state index contributed by atoms with van der Waals surface area (Å²) in [7, 11) is 0. The van der Waals surface area contributed by atoms with Crippen molar-refractivity contribution in [2.45, 2.75) is 4.90 Å². The Kier molecular flexibility index (Phi) is 6.64. The first-order chi connectivity index (χ1) is 13.6. The molecule has 28 heavy (non-hydrogen) atoms. The predicted molar refractivity (Wildman–Crippen MR) is 111 cm³/mol. The van der Waals surface area contributed by atoms with E-state index >= 15 is 0 Å². The second-order valence-electron chi connectivity index (χ2n) is 5.79. The normalized spacial score (nSPS) is 10.2. The minimum atomic E-state index is -0.468. The van der Waals surface area contributed by atoms with E-state index in [1.54, 1.807) is 48.5 Å². The fourth-order valence-electron chi connectivity index (χ4n) is 2.35. The van der Waals surface area contributed by atoms with E-state index in [-0.39, 0.29) is 23.4 Å². The monoisotopic (exact) mass is 395 g/mol. The van der Waals surface area contributed by atoms with Crippen molar-refractivity contribution >= 4 is 40.8 Å². The van der Waals surface area contributed by atoms with E-state index in [1.807, 2.05) is 18.2 Å². The Labute approximate surface area is 166 Å². The zero-order chi connectivity index (χ0) is 19.8. The van der Waals surface area contributed by atoms with Crippen molar-refractivity contribution in [2.75, 3.05) is 21.7 Å². The number of amides is 3. The van der Waals surface area contributed by atoms with Crippen LogP contribution in [0.1, 0.15) is 0 Å². The zero-order valence-electron chi connectivity index (χ0n) is 14.8. The number of thioether (sulfide) groups is 1. The van der Waals surface area contributed by atoms with Gasteiger partial charge in [0.15, 0.2) is 0 Å². The van der Waals surface area contributed by atoms with Crippen LogP contribution in [0.5, 0.6) is 0 Å². The van der Waals surface area contributed by atoms with Gasteiger partial charge in [-0.05, 0) is 48.5 Å². The zero-order valence-corrected chi connectivity index (χ0v) is 15.6. The van der Waals surface area contributed by atoms with Crippen LogP contribution >= 0.6 is 11.8 Å². The van der Waals surface area contributed by atoms with Crippen LogP contribution in [0.15, 0.2) is 83.8 Å². The molecule has 0 aliphatic rings. The van der Waals surface area contributed by atoms with Crippen molar-refractivity contribution in [1.82, 2.24) is 0 Å². The molecule has 3 N–H and O–H groups in total. The van der Waals surface area contributed by atoms with Gasteiger partial charge < -0.3 is 16.0 Å². The molecule has 0 fully saturated rings. The maximum atomic E-state index is 13.5. The number of hydrogen-bond acceptors (Lipinski definition) is 3. The van der Waals surface area contributed by atoms with E-state index in [1.165, 1.54) is 23.9 Å². The molecule has 0 aliphatic heterocycles. The summed E-state index contributed by atoms with van der Waals surface area (Å²) < 4.78 is 13.5. The largest absolute Gasteiger partial charge is 0.323 e. The van der Waals surface area contributed by atoms with Crippen LogP contribution in [0.4, 0.5) is 26.2 Å². The van der Waals surface area contributed by atoms with Gasteiger partial charge in [-0.2, -0.15) is 0 Å². The van der Waals surface area contributed by atoms with Crippen LogP contribution in [0, 0.1) is 5.82 Å². The molecule has 0 atom stereocenters. The van der Waals surface area contributed by atoms with E-state index in [4.69, 9.17) is 0 Å². The molecule has 0 aromatic heterocycles. The van der Waals surface area contributed by atoms with Crippen LogP contribution in [0.3, 0.4) is 0 Å². The Hall–Kier alpha value is -3.32. The standard InChI is InChI=1S/C21H18FN3O2S/c22-18-8-4-5-9-19(18)25-20(26)14-28-17-12-10-16(11-13-17)24-21(27)23-15-6-2-1-3-7-15/h1-13H,14H2,(H,25,26)(H2,23,24,27). The SMILES string of the molecule is O=C(CSc1ccc(NC(=O)Nc2ccccc2)cc1)Nc1ccccc1F. The number of carbonyl (C=O) groups excluding carboxylic acids is 2. The number of carbonyl (C=O) groups is 2. The van der Waals surface area contributed by atoms with Crippen LogP contribution in [0.2, 0.25) is 0 Å². The second-order valence-corrected chi connectivity index (χ2v) is 6.83. The number of halogens is 1. The maximum absolute atomic E-state index is 13.5. The number of hydrogen-bond donors (Lipinski definition) is 3. The van der Waals surface area contributed by atoms with Crippen molar-refractivity contribution in [2.24, 2.45) is 0 Å². The number of benzene rings is 3. The van der Waals surface area contributed by atoms with Crippen molar-refractivity contribution < 1.29 is 14.0 Å². The molecule has 5 nitrogen and oxygen atoms in total. The third-order valence-corrected chi connectivity index (χ3v) is 4.67. The Bertz CT molecular complexity index is 949. The Morgan fingerprint density at radius 3 is 2.04 bits per heavy atom. The maximum Gasteiger partial charge on any atom is 0.323 e.